The van der Waals surface area contributed by atoms with E-state index >= 15 is 0 Å². The van der Waals surface area contributed by atoms with E-state index in [0.717, 1.165) is 32.8 Å². The predicted molar refractivity (Wildman–Crippen MR) is 101 cm³/mol. The van der Waals surface area contributed by atoms with Gasteiger partial charge in [-0.2, -0.15) is 0 Å². The quantitative estimate of drug-likeness (QED) is 0.833. The minimum absolute atomic E-state index is 0.0909. The van der Waals surface area contributed by atoms with Crippen LogP contribution in [-0.2, 0) is 9.59 Å². The number of amides is 2. The van der Waals surface area contributed by atoms with Crippen molar-refractivity contribution in [3.8, 4) is 0 Å². The molecular weight excluding hydrogens is 336 g/mol. The second-order valence-corrected chi connectivity index (χ2v) is 6.60. The Morgan fingerprint density at radius 2 is 1.44 bits per heavy atom. The molecule has 0 fully saturated rings. The molecule has 0 saturated carbocycles. The number of anilines is 2. The molecular formula is C20H19ClN2O2. The molecule has 0 aromatic heterocycles. The maximum atomic E-state index is 12.9. The summed E-state index contributed by atoms with van der Waals surface area (Å²) in [6, 6.07) is 11.3. The summed E-state index contributed by atoms with van der Waals surface area (Å²) in [6.45, 7) is 7.76. The Morgan fingerprint density at radius 1 is 0.840 bits per heavy atom. The molecule has 2 amide bonds. The fourth-order valence-electron chi connectivity index (χ4n) is 2.83. The zero-order valence-corrected chi connectivity index (χ0v) is 15.4. The van der Waals surface area contributed by atoms with Crippen LogP contribution < -0.4 is 10.2 Å². The molecule has 2 aromatic rings. The molecule has 4 nitrogen and oxygen atoms in total. The minimum Gasteiger partial charge on any atom is -0.349 e. The van der Waals surface area contributed by atoms with Crippen molar-refractivity contribution in [2.75, 3.05) is 10.2 Å². The van der Waals surface area contributed by atoms with E-state index in [1.54, 1.807) is 6.07 Å². The summed E-state index contributed by atoms with van der Waals surface area (Å²) < 4.78 is 0. The van der Waals surface area contributed by atoms with Crippen LogP contribution in [0.15, 0.2) is 47.1 Å². The molecule has 0 bridgehead atoms. The van der Waals surface area contributed by atoms with Crippen LogP contribution in [0, 0.1) is 27.7 Å². The van der Waals surface area contributed by atoms with E-state index in [9.17, 15) is 9.59 Å². The number of nitrogens with one attached hydrogen (secondary N) is 1. The fourth-order valence-corrected chi connectivity index (χ4v) is 3.04. The monoisotopic (exact) mass is 354 g/mol. The number of halogens is 1. The molecule has 1 aliphatic rings. The SMILES string of the molecule is Cc1cccc(NC2=C(Cl)C(=O)N(c3cccc(C)c3C)C2=O)c1C. The third-order valence-corrected chi connectivity index (χ3v) is 5.06. The number of hydrogen-bond acceptors (Lipinski definition) is 3. The molecule has 1 aliphatic heterocycles. The Hall–Kier alpha value is -2.59. The van der Waals surface area contributed by atoms with Gasteiger partial charge in [-0.15, -0.1) is 0 Å². The van der Waals surface area contributed by atoms with Gasteiger partial charge in [-0.05, 0) is 62.1 Å². The molecule has 1 N–H and O–H groups in total. The number of carbonyl (C=O) groups is 2. The van der Waals surface area contributed by atoms with Gasteiger partial charge in [0.25, 0.3) is 11.8 Å². The molecule has 1 heterocycles. The summed E-state index contributed by atoms with van der Waals surface area (Å²) in [6.07, 6.45) is 0. The van der Waals surface area contributed by atoms with E-state index in [4.69, 9.17) is 11.6 Å². The van der Waals surface area contributed by atoms with Gasteiger partial charge in [-0.1, -0.05) is 35.9 Å². The highest BCUT2D eigenvalue weighted by Gasteiger charge is 2.39. The average molecular weight is 355 g/mol. The van der Waals surface area contributed by atoms with Crippen LogP contribution in [0.4, 0.5) is 11.4 Å². The van der Waals surface area contributed by atoms with Crippen molar-refractivity contribution in [1.82, 2.24) is 0 Å². The number of nitrogens with zero attached hydrogens (tertiary/aromatic N) is 1. The zero-order chi connectivity index (χ0) is 18.3. The van der Waals surface area contributed by atoms with E-state index in [1.807, 2.05) is 58.0 Å². The lowest BCUT2D eigenvalue weighted by Gasteiger charge is -2.19. The molecule has 2 aromatic carbocycles. The molecule has 0 unspecified atom stereocenters. The maximum absolute atomic E-state index is 12.9. The topological polar surface area (TPSA) is 49.4 Å². The van der Waals surface area contributed by atoms with Gasteiger partial charge in [0.15, 0.2) is 0 Å². The highest BCUT2D eigenvalue weighted by molar-refractivity contribution is 6.53. The summed E-state index contributed by atoms with van der Waals surface area (Å²) in [7, 11) is 0. The Balaban J connectivity index is 2.00. The van der Waals surface area contributed by atoms with E-state index < -0.39 is 11.8 Å². The Morgan fingerprint density at radius 3 is 2.12 bits per heavy atom. The Kier molecular flexibility index (Phi) is 4.39. The van der Waals surface area contributed by atoms with Gasteiger partial charge >= 0.3 is 0 Å². The van der Waals surface area contributed by atoms with Crippen molar-refractivity contribution >= 4 is 34.8 Å². The van der Waals surface area contributed by atoms with Gasteiger partial charge in [-0.25, -0.2) is 4.90 Å². The third-order valence-electron chi connectivity index (χ3n) is 4.71. The van der Waals surface area contributed by atoms with Crippen LogP contribution in [0.5, 0.6) is 0 Å². The van der Waals surface area contributed by atoms with Crippen molar-refractivity contribution in [2.24, 2.45) is 0 Å². The number of carbonyl (C=O) groups excluding carboxylic acids is 2. The van der Waals surface area contributed by atoms with Gasteiger partial charge in [0.1, 0.15) is 10.7 Å². The second kappa shape index (κ2) is 6.37. The summed E-state index contributed by atoms with van der Waals surface area (Å²) in [4.78, 5) is 26.6. The standard InChI is InChI=1S/C20H19ClN2O2/c1-11-7-5-9-15(13(11)3)22-18-17(21)19(24)23(20(18)25)16-10-6-8-12(2)14(16)4/h5-10,22H,1-4H3. The van der Waals surface area contributed by atoms with Crippen LogP contribution in [0.1, 0.15) is 22.3 Å². The van der Waals surface area contributed by atoms with Gasteiger partial charge in [0.05, 0.1) is 5.69 Å². The van der Waals surface area contributed by atoms with Crippen LogP contribution in [0.2, 0.25) is 0 Å². The summed E-state index contributed by atoms with van der Waals surface area (Å²) in [5.74, 6) is -0.947. The van der Waals surface area contributed by atoms with Crippen LogP contribution >= 0.6 is 11.6 Å². The molecule has 0 saturated heterocycles. The Labute approximate surface area is 152 Å². The van der Waals surface area contributed by atoms with Gasteiger partial charge in [0, 0.05) is 5.69 Å². The lowest BCUT2D eigenvalue weighted by atomic mass is 10.1. The highest BCUT2D eigenvalue weighted by atomic mass is 35.5. The third kappa shape index (κ3) is 2.83. The number of aryl methyl sites for hydroxylation is 2. The minimum atomic E-state index is -0.506. The molecule has 0 radical (unpaired) electrons. The first kappa shape index (κ1) is 17.2. The molecule has 5 heteroatoms. The zero-order valence-electron chi connectivity index (χ0n) is 14.6. The van der Waals surface area contributed by atoms with Crippen molar-refractivity contribution in [3.05, 3.63) is 69.4 Å². The Bertz CT molecular complexity index is 931. The summed E-state index contributed by atoms with van der Waals surface area (Å²) >= 11 is 6.21. The molecule has 128 valence electrons. The molecule has 0 atom stereocenters. The van der Waals surface area contributed by atoms with E-state index in [1.165, 1.54) is 0 Å². The lowest BCUT2D eigenvalue weighted by molar-refractivity contribution is -0.120. The van der Waals surface area contributed by atoms with Gasteiger partial charge < -0.3 is 5.32 Å². The molecule has 25 heavy (non-hydrogen) atoms. The molecule has 0 spiro atoms. The van der Waals surface area contributed by atoms with Crippen LogP contribution in [-0.4, -0.2) is 11.8 Å². The van der Waals surface area contributed by atoms with Crippen molar-refractivity contribution < 1.29 is 9.59 Å². The van der Waals surface area contributed by atoms with Crippen LogP contribution in [0.3, 0.4) is 0 Å². The number of hydrogen-bond donors (Lipinski definition) is 1. The van der Waals surface area contributed by atoms with Gasteiger partial charge in [0.2, 0.25) is 0 Å². The predicted octanol–water partition coefficient (Wildman–Crippen LogP) is 4.36. The van der Waals surface area contributed by atoms with Crippen LogP contribution in [0.25, 0.3) is 0 Å². The first-order chi connectivity index (χ1) is 11.8. The van der Waals surface area contributed by atoms with Crippen molar-refractivity contribution in [2.45, 2.75) is 27.7 Å². The highest BCUT2D eigenvalue weighted by Crippen LogP contribution is 2.33. The molecule has 0 aliphatic carbocycles. The number of imide groups is 1. The van der Waals surface area contributed by atoms with E-state index in [2.05, 4.69) is 5.32 Å². The lowest BCUT2D eigenvalue weighted by Crippen LogP contribution is -2.33. The van der Waals surface area contributed by atoms with E-state index in [-0.39, 0.29) is 10.7 Å². The van der Waals surface area contributed by atoms with E-state index in [0.29, 0.717) is 5.69 Å². The first-order valence-corrected chi connectivity index (χ1v) is 8.38. The fraction of sp³-hybridized carbons (Fsp3) is 0.200. The number of rotatable bonds is 3. The second-order valence-electron chi connectivity index (χ2n) is 6.23. The normalized spacial score (nSPS) is 14.5. The largest absolute Gasteiger partial charge is 0.349 e. The van der Waals surface area contributed by atoms with Gasteiger partial charge in [-0.3, -0.25) is 9.59 Å². The van der Waals surface area contributed by atoms with Crippen molar-refractivity contribution in [3.63, 3.8) is 0 Å². The molecule has 3 rings (SSSR count). The average Bonchev–Trinajstić information content (AvgIpc) is 2.78. The maximum Gasteiger partial charge on any atom is 0.283 e. The number of benzene rings is 2. The first-order valence-electron chi connectivity index (χ1n) is 8.01. The summed E-state index contributed by atoms with van der Waals surface area (Å²) in [5, 5.41) is 2.96. The smallest absolute Gasteiger partial charge is 0.283 e. The van der Waals surface area contributed by atoms with Crippen molar-refractivity contribution in [1.29, 1.82) is 0 Å². The summed E-state index contributed by atoms with van der Waals surface area (Å²) in [5.41, 5.74) is 5.41.